The van der Waals surface area contributed by atoms with Gasteiger partial charge in [0.05, 0.1) is 6.10 Å². The number of rotatable bonds is 6. The third kappa shape index (κ3) is 3.36. The Morgan fingerprint density at radius 1 is 1.56 bits per heavy atom. The maximum atomic E-state index is 6.02. The zero-order chi connectivity index (χ0) is 12.0. The van der Waals surface area contributed by atoms with E-state index in [2.05, 4.69) is 25.1 Å². The summed E-state index contributed by atoms with van der Waals surface area (Å²) in [4.78, 5) is 2.45. The van der Waals surface area contributed by atoms with Gasteiger partial charge in [0.25, 0.3) is 0 Å². The van der Waals surface area contributed by atoms with Crippen LogP contribution in [0.25, 0.3) is 0 Å². The summed E-state index contributed by atoms with van der Waals surface area (Å²) >= 11 is 1.90. The van der Waals surface area contributed by atoms with Crippen LogP contribution in [0.2, 0.25) is 0 Å². The van der Waals surface area contributed by atoms with E-state index in [0.29, 0.717) is 6.10 Å². The molecule has 1 heterocycles. The summed E-state index contributed by atoms with van der Waals surface area (Å²) in [5.41, 5.74) is 6.20. The molecule has 1 saturated heterocycles. The number of thioether (sulfide) groups is 1. The Labute approximate surface area is 104 Å². The van der Waals surface area contributed by atoms with Crippen LogP contribution in [0.1, 0.15) is 26.2 Å². The van der Waals surface area contributed by atoms with Crippen molar-refractivity contribution >= 4 is 11.8 Å². The summed E-state index contributed by atoms with van der Waals surface area (Å²) in [7, 11) is 2.21. The molecular weight excluding hydrogens is 220 g/mol. The van der Waals surface area contributed by atoms with E-state index in [1.807, 2.05) is 11.8 Å². The third-order valence-corrected chi connectivity index (χ3v) is 4.40. The van der Waals surface area contributed by atoms with Crippen LogP contribution in [0, 0.1) is 0 Å². The summed E-state index contributed by atoms with van der Waals surface area (Å²) in [6.07, 6.45) is 5.81. The topological polar surface area (TPSA) is 38.5 Å². The summed E-state index contributed by atoms with van der Waals surface area (Å²) < 4.78 is 5.75. The normalized spacial score (nSPS) is 30.9. The highest BCUT2D eigenvalue weighted by molar-refractivity contribution is 7.98. The minimum absolute atomic E-state index is 0.175. The molecule has 2 atom stereocenters. The smallest absolute Gasteiger partial charge is 0.0590 e. The number of nitrogens with zero attached hydrogens (tertiary/aromatic N) is 1. The third-order valence-electron chi connectivity index (χ3n) is 3.80. The lowest BCUT2D eigenvalue weighted by Crippen LogP contribution is -2.57. The average Bonchev–Trinajstić information content (AvgIpc) is 2.35. The Hall–Kier alpha value is 0.230. The highest BCUT2D eigenvalue weighted by Gasteiger charge is 2.38. The molecule has 0 spiro atoms. The molecule has 2 unspecified atom stereocenters. The van der Waals surface area contributed by atoms with E-state index in [0.717, 1.165) is 39.0 Å². The number of hydrogen-bond acceptors (Lipinski definition) is 4. The predicted molar refractivity (Wildman–Crippen MR) is 72.1 cm³/mol. The van der Waals surface area contributed by atoms with Crippen molar-refractivity contribution in [2.75, 3.05) is 38.8 Å². The molecule has 0 amide bonds. The van der Waals surface area contributed by atoms with Crippen LogP contribution in [0.5, 0.6) is 0 Å². The lowest BCUT2D eigenvalue weighted by atomic mass is 9.84. The molecule has 0 bridgehead atoms. The molecule has 0 aromatic rings. The van der Waals surface area contributed by atoms with Gasteiger partial charge >= 0.3 is 0 Å². The molecule has 1 rings (SSSR count). The van der Waals surface area contributed by atoms with Gasteiger partial charge in [-0.25, -0.2) is 0 Å². The molecule has 4 heteroatoms. The number of likely N-dealkylation sites (N-methyl/N-ethyl adjacent to an activating group) is 1. The molecule has 1 fully saturated rings. The lowest BCUT2D eigenvalue weighted by molar-refractivity contribution is -0.0633. The van der Waals surface area contributed by atoms with Crippen LogP contribution in [0.3, 0.4) is 0 Å². The van der Waals surface area contributed by atoms with Crippen LogP contribution in [0.4, 0.5) is 0 Å². The van der Waals surface area contributed by atoms with Gasteiger partial charge in [0.1, 0.15) is 0 Å². The van der Waals surface area contributed by atoms with E-state index in [-0.39, 0.29) is 5.54 Å². The zero-order valence-electron chi connectivity index (χ0n) is 10.9. The molecule has 0 aromatic carbocycles. The summed E-state index contributed by atoms with van der Waals surface area (Å²) in [6.45, 7) is 4.92. The van der Waals surface area contributed by atoms with E-state index in [1.165, 1.54) is 5.75 Å². The molecule has 96 valence electrons. The Bertz CT molecular complexity index is 203. The van der Waals surface area contributed by atoms with Gasteiger partial charge in [-0.1, -0.05) is 6.92 Å². The van der Waals surface area contributed by atoms with Crippen molar-refractivity contribution in [3.8, 4) is 0 Å². The van der Waals surface area contributed by atoms with Gasteiger partial charge in [-0.15, -0.1) is 0 Å². The first-order valence-corrected chi connectivity index (χ1v) is 7.59. The number of nitrogens with two attached hydrogens (primary N) is 1. The van der Waals surface area contributed by atoms with Crippen molar-refractivity contribution in [3.05, 3.63) is 0 Å². The van der Waals surface area contributed by atoms with Gasteiger partial charge in [-0.05, 0) is 32.6 Å². The second-order valence-corrected chi connectivity index (χ2v) is 5.68. The first kappa shape index (κ1) is 14.3. The highest BCUT2D eigenvalue weighted by atomic mass is 32.2. The molecule has 1 aliphatic heterocycles. The van der Waals surface area contributed by atoms with E-state index < -0.39 is 0 Å². The van der Waals surface area contributed by atoms with Gasteiger partial charge < -0.3 is 10.5 Å². The second-order valence-electron chi connectivity index (χ2n) is 4.70. The molecule has 0 saturated carbocycles. The summed E-state index contributed by atoms with van der Waals surface area (Å²) in [6, 6.07) is 0. The van der Waals surface area contributed by atoms with Crippen molar-refractivity contribution in [2.45, 2.75) is 37.8 Å². The van der Waals surface area contributed by atoms with Gasteiger partial charge in [-0.3, -0.25) is 4.90 Å². The average molecular weight is 246 g/mol. The molecule has 0 aromatic heterocycles. The van der Waals surface area contributed by atoms with Crippen LogP contribution >= 0.6 is 11.8 Å². The number of ether oxygens (including phenoxy) is 1. The minimum Gasteiger partial charge on any atom is -0.378 e. The monoisotopic (exact) mass is 246 g/mol. The molecule has 2 N–H and O–H groups in total. The lowest BCUT2D eigenvalue weighted by Gasteiger charge is -2.46. The Balaban J connectivity index is 2.60. The van der Waals surface area contributed by atoms with Crippen LogP contribution in [-0.4, -0.2) is 55.3 Å². The maximum absolute atomic E-state index is 6.02. The fourth-order valence-corrected chi connectivity index (χ4v) is 2.87. The SMILES string of the molecule is CCC1CC(CN)(N(C)CCSC)CCO1. The predicted octanol–water partition coefficient (Wildman–Crippen LogP) is 1.57. The van der Waals surface area contributed by atoms with Crippen molar-refractivity contribution in [1.29, 1.82) is 0 Å². The van der Waals surface area contributed by atoms with E-state index in [9.17, 15) is 0 Å². The van der Waals surface area contributed by atoms with Crippen molar-refractivity contribution < 1.29 is 4.74 Å². The van der Waals surface area contributed by atoms with Crippen LogP contribution in [0.15, 0.2) is 0 Å². The molecular formula is C12H26N2OS. The maximum Gasteiger partial charge on any atom is 0.0590 e. The molecule has 1 aliphatic rings. The molecule has 3 nitrogen and oxygen atoms in total. The molecule has 16 heavy (non-hydrogen) atoms. The summed E-state index contributed by atoms with van der Waals surface area (Å²) in [5, 5.41) is 0. The quantitative estimate of drug-likeness (QED) is 0.772. The van der Waals surface area contributed by atoms with Gasteiger partial charge in [0.15, 0.2) is 0 Å². The van der Waals surface area contributed by atoms with Crippen molar-refractivity contribution in [2.24, 2.45) is 5.73 Å². The van der Waals surface area contributed by atoms with E-state index >= 15 is 0 Å². The van der Waals surface area contributed by atoms with Crippen molar-refractivity contribution in [1.82, 2.24) is 4.90 Å². The van der Waals surface area contributed by atoms with Gasteiger partial charge in [0, 0.05) is 31.0 Å². The standard InChI is InChI=1S/C12H26N2OS/c1-4-11-9-12(10-13,5-7-15-11)14(2)6-8-16-3/h11H,4-10,13H2,1-3H3. The first-order valence-electron chi connectivity index (χ1n) is 6.20. The van der Waals surface area contributed by atoms with Gasteiger partial charge in [-0.2, -0.15) is 11.8 Å². The summed E-state index contributed by atoms with van der Waals surface area (Å²) in [5.74, 6) is 1.18. The Morgan fingerprint density at radius 2 is 2.31 bits per heavy atom. The minimum atomic E-state index is 0.175. The number of hydrogen-bond donors (Lipinski definition) is 1. The van der Waals surface area contributed by atoms with Crippen LogP contribution in [-0.2, 0) is 4.74 Å². The molecule has 0 radical (unpaired) electrons. The van der Waals surface area contributed by atoms with Gasteiger partial charge in [0.2, 0.25) is 0 Å². The molecule has 0 aliphatic carbocycles. The zero-order valence-corrected chi connectivity index (χ0v) is 11.7. The van der Waals surface area contributed by atoms with E-state index in [4.69, 9.17) is 10.5 Å². The fourth-order valence-electron chi connectivity index (χ4n) is 2.42. The second kappa shape index (κ2) is 6.84. The largest absolute Gasteiger partial charge is 0.378 e. The Kier molecular flexibility index (Phi) is 6.11. The highest BCUT2D eigenvalue weighted by Crippen LogP contribution is 2.30. The van der Waals surface area contributed by atoms with Crippen LogP contribution < -0.4 is 5.73 Å². The fraction of sp³-hybridized carbons (Fsp3) is 1.00. The van der Waals surface area contributed by atoms with Crippen molar-refractivity contribution in [3.63, 3.8) is 0 Å². The first-order chi connectivity index (χ1) is 7.68. The van der Waals surface area contributed by atoms with E-state index in [1.54, 1.807) is 0 Å². The Morgan fingerprint density at radius 3 is 2.88 bits per heavy atom.